The van der Waals surface area contributed by atoms with E-state index in [1.807, 2.05) is 0 Å². The van der Waals surface area contributed by atoms with Crippen LogP contribution in [0.4, 0.5) is 0 Å². The smallest absolute Gasteiger partial charge is 0.225 e. The van der Waals surface area contributed by atoms with Gasteiger partial charge in [-0.3, -0.25) is 4.79 Å². The van der Waals surface area contributed by atoms with Gasteiger partial charge in [-0.05, 0) is 24.7 Å². The lowest BCUT2D eigenvalue weighted by molar-refractivity contribution is -0.127. The fourth-order valence-electron chi connectivity index (χ4n) is 2.62. The summed E-state index contributed by atoms with van der Waals surface area (Å²) in [6.45, 7) is 4.88. The van der Waals surface area contributed by atoms with Crippen LogP contribution in [0.25, 0.3) is 0 Å². The molecule has 1 aliphatic carbocycles. The zero-order chi connectivity index (χ0) is 10.7. The molecule has 1 saturated heterocycles. The van der Waals surface area contributed by atoms with Crippen molar-refractivity contribution in [3.8, 4) is 0 Å². The lowest BCUT2D eigenvalue weighted by Crippen LogP contribution is -2.53. The van der Waals surface area contributed by atoms with Crippen molar-refractivity contribution in [2.75, 3.05) is 19.6 Å². The topological polar surface area (TPSA) is 41.1 Å². The second-order valence-electron chi connectivity index (χ2n) is 5.18. The van der Waals surface area contributed by atoms with E-state index in [-0.39, 0.29) is 11.8 Å². The fraction of sp³-hybridized carbons (Fsp3) is 0.917. The summed E-state index contributed by atoms with van der Waals surface area (Å²) >= 11 is 0. The molecule has 0 bridgehead atoms. The van der Waals surface area contributed by atoms with Crippen molar-refractivity contribution in [1.82, 2.24) is 10.6 Å². The zero-order valence-electron chi connectivity index (χ0n) is 9.64. The molecule has 1 amide bonds. The SMILES string of the molecule is CCCC1(CNC(=O)C2CNC2)CCC1. The molecule has 3 nitrogen and oxygen atoms in total. The molecular formula is C12H22N2O. The van der Waals surface area contributed by atoms with Crippen LogP contribution in [0.1, 0.15) is 39.0 Å². The minimum Gasteiger partial charge on any atom is -0.355 e. The van der Waals surface area contributed by atoms with E-state index in [0.717, 1.165) is 19.6 Å². The molecule has 2 N–H and O–H groups in total. The quantitative estimate of drug-likeness (QED) is 0.718. The summed E-state index contributed by atoms with van der Waals surface area (Å²) in [5, 5.41) is 6.26. The Labute approximate surface area is 92.0 Å². The highest BCUT2D eigenvalue weighted by atomic mass is 16.2. The predicted octanol–water partition coefficient (Wildman–Crippen LogP) is 1.29. The molecule has 2 fully saturated rings. The molecule has 0 aromatic heterocycles. The normalized spacial score (nSPS) is 24.1. The Bertz CT molecular complexity index is 232. The monoisotopic (exact) mass is 210 g/mol. The van der Waals surface area contributed by atoms with Crippen molar-refractivity contribution in [2.24, 2.45) is 11.3 Å². The molecule has 15 heavy (non-hydrogen) atoms. The lowest BCUT2D eigenvalue weighted by Gasteiger charge is -2.42. The summed E-state index contributed by atoms with van der Waals surface area (Å²) in [5.41, 5.74) is 0.460. The third-order valence-electron chi connectivity index (χ3n) is 3.98. The van der Waals surface area contributed by atoms with Crippen LogP contribution in [-0.2, 0) is 4.79 Å². The summed E-state index contributed by atoms with van der Waals surface area (Å²) in [5.74, 6) is 0.500. The van der Waals surface area contributed by atoms with Crippen LogP contribution in [0.5, 0.6) is 0 Å². The van der Waals surface area contributed by atoms with E-state index >= 15 is 0 Å². The van der Waals surface area contributed by atoms with Gasteiger partial charge in [-0.1, -0.05) is 19.8 Å². The van der Waals surface area contributed by atoms with E-state index in [9.17, 15) is 4.79 Å². The van der Waals surface area contributed by atoms with E-state index in [1.54, 1.807) is 0 Å². The minimum atomic E-state index is 0.240. The second-order valence-corrected chi connectivity index (χ2v) is 5.18. The van der Waals surface area contributed by atoms with Crippen molar-refractivity contribution in [2.45, 2.75) is 39.0 Å². The van der Waals surface area contributed by atoms with Gasteiger partial charge in [0.05, 0.1) is 5.92 Å². The molecule has 1 heterocycles. The number of nitrogens with one attached hydrogen (secondary N) is 2. The molecule has 1 saturated carbocycles. The van der Waals surface area contributed by atoms with Crippen molar-refractivity contribution in [1.29, 1.82) is 0 Å². The summed E-state index contributed by atoms with van der Waals surface area (Å²) < 4.78 is 0. The minimum absolute atomic E-state index is 0.240. The molecule has 0 spiro atoms. The van der Waals surface area contributed by atoms with Gasteiger partial charge in [-0.15, -0.1) is 0 Å². The number of amides is 1. The molecule has 86 valence electrons. The van der Waals surface area contributed by atoms with Crippen LogP contribution >= 0.6 is 0 Å². The molecular weight excluding hydrogens is 188 g/mol. The van der Waals surface area contributed by atoms with E-state index in [2.05, 4.69) is 17.6 Å². The second kappa shape index (κ2) is 4.52. The molecule has 3 heteroatoms. The number of hydrogen-bond donors (Lipinski definition) is 2. The Balaban J connectivity index is 1.73. The van der Waals surface area contributed by atoms with Crippen LogP contribution in [0.2, 0.25) is 0 Å². The zero-order valence-corrected chi connectivity index (χ0v) is 9.64. The molecule has 0 atom stereocenters. The fourth-order valence-corrected chi connectivity index (χ4v) is 2.62. The summed E-state index contributed by atoms with van der Waals surface area (Å²) in [6, 6.07) is 0. The predicted molar refractivity (Wildman–Crippen MR) is 60.6 cm³/mol. The van der Waals surface area contributed by atoms with Gasteiger partial charge >= 0.3 is 0 Å². The molecule has 0 unspecified atom stereocenters. The van der Waals surface area contributed by atoms with Gasteiger partial charge in [0.15, 0.2) is 0 Å². The maximum Gasteiger partial charge on any atom is 0.225 e. The van der Waals surface area contributed by atoms with Crippen molar-refractivity contribution in [3.05, 3.63) is 0 Å². The first kappa shape index (κ1) is 10.9. The average molecular weight is 210 g/mol. The van der Waals surface area contributed by atoms with Crippen LogP contribution in [-0.4, -0.2) is 25.5 Å². The Kier molecular flexibility index (Phi) is 3.29. The third-order valence-corrected chi connectivity index (χ3v) is 3.98. The number of carbonyl (C=O) groups is 1. The molecule has 0 aromatic carbocycles. The molecule has 1 aliphatic heterocycles. The lowest BCUT2D eigenvalue weighted by atomic mass is 9.66. The summed E-state index contributed by atoms with van der Waals surface area (Å²) in [6.07, 6.45) is 6.48. The van der Waals surface area contributed by atoms with Gasteiger partial charge in [0.2, 0.25) is 5.91 Å². The summed E-state index contributed by atoms with van der Waals surface area (Å²) in [4.78, 5) is 11.7. The Morgan fingerprint density at radius 1 is 1.47 bits per heavy atom. The van der Waals surface area contributed by atoms with Crippen LogP contribution in [0.15, 0.2) is 0 Å². The highest BCUT2D eigenvalue weighted by molar-refractivity contribution is 5.80. The van der Waals surface area contributed by atoms with Gasteiger partial charge in [0.1, 0.15) is 0 Å². The van der Waals surface area contributed by atoms with Gasteiger partial charge < -0.3 is 10.6 Å². The first-order valence-electron chi connectivity index (χ1n) is 6.24. The van der Waals surface area contributed by atoms with E-state index in [0.29, 0.717) is 5.41 Å². The highest BCUT2D eigenvalue weighted by Gasteiger charge is 2.36. The van der Waals surface area contributed by atoms with Gasteiger partial charge in [-0.25, -0.2) is 0 Å². The Morgan fingerprint density at radius 3 is 2.60 bits per heavy atom. The van der Waals surface area contributed by atoms with E-state index < -0.39 is 0 Å². The van der Waals surface area contributed by atoms with Crippen molar-refractivity contribution < 1.29 is 4.79 Å². The highest BCUT2D eigenvalue weighted by Crippen LogP contribution is 2.44. The standard InChI is InChI=1S/C12H22N2O/c1-2-4-12(5-3-6-12)9-14-11(15)10-7-13-8-10/h10,13H,2-9H2,1H3,(H,14,15). The van der Waals surface area contributed by atoms with Crippen LogP contribution in [0.3, 0.4) is 0 Å². The molecule has 0 radical (unpaired) electrons. The van der Waals surface area contributed by atoms with E-state index in [4.69, 9.17) is 0 Å². The van der Waals surface area contributed by atoms with Crippen LogP contribution < -0.4 is 10.6 Å². The first-order valence-corrected chi connectivity index (χ1v) is 6.24. The van der Waals surface area contributed by atoms with Gasteiger partial charge in [0.25, 0.3) is 0 Å². The Hall–Kier alpha value is -0.570. The van der Waals surface area contributed by atoms with Crippen LogP contribution in [0, 0.1) is 11.3 Å². The molecule has 0 aromatic rings. The van der Waals surface area contributed by atoms with Crippen molar-refractivity contribution >= 4 is 5.91 Å². The maximum absolute atomic E-state index is 11.7. The molecule has 2 rings (SSSR count). The van der Waals surface area contributed by atoms with Gasteiger partial charge in [0, 0.05) is 19.6 Å². The first-order chi connectivity index (χ1) is 7.26. The third kappa shape index (κ3) is 2.33. The summed E-state index contributed by atoms with van der Waals surface area (Å²) in [7, 11) is 0. The van der Waals surface area contributed by atoms with E-state index in [1.165, 1.54) is 32.1 Å². The maximum atomic E-state index is 11.7. The number of carbonyl (C=O) groups excluding carboxylic acids is 1. The average Bonchev–Trinajstić information content (AvgIpc) is 2.06. The molecule has 2 aliphatic rings. The van der Waals surface area contributed by atoms with Crippen molar-refractivity contribution in [3.63, 3.8) is 0 Å². The van der Waals surface area contributed by atoms with Gasteiger partial charge in [-0.2, -0.15) is 0 Å². The largest absolute Gasteiger partial charge is 0.355 e. The number of hydrogen-bond acceptors (Lipinski definition) is 2. The number of rotatable bonds is 5. The Morgan fingerprint density at radius 2 is 2.20 bits per heavy atom.